The van der Waals surface area contributed by atoms with Gasteiger partial charge in [0.1, 0.15) is 6.54 Å². The highest BCUT2D eigenvalue weighted by Crippen LogP contribution is 2.34. The van der Waals surface area contributed by atoms with Gasteiger partial charge in [0.25, 0.3) is 11.1 Å². The average Bonchev–Trinajstić information content (AvgIpc) is 3.01. The third kappa shape index (κ3) is 4.52. The van der Waals surface area contributed by atoms with Gasteiger partial charge in [0, 0.05) is 11.1 Å². The zero-order chi connectivity index (χ0) is 22.9. The van der Waals surface area contributed by atoms with Crippen molar-refractivity contribution in [3.8, 4) is 0 Å². The van der Waals surface area contributed by atoms with E-state index in [2.05, 4.69) is 5.32 Å². The Bertz CT molecular complexity index is 1270. The van der Waals surface area contributed by atoms with Crippen molar-refractivity contribution in [2.75, 3.05) is 11.9 Å². The second-order valence-corrected chi connectivity index (χ2v) is 7.96. The molecule has 0 unspecified atom stereocenters. The van der Waals surface area contributed by atoms with E-state index in [9.17, 15) is 27.6 Å². The Balaban J connectivity index is 1.50. The Morgan fingerprint density at radius 2 is 1.72 bits per heavy atom. The van der Waals surface area contributed by atoms with Crippen molar-refractivity contribution in [1.29, 1.82) is 0 Å². The number of benzene rings is 3. The van der Waals surface area contributed by atoms with Crippen LogP contribution >= 0.6 is 11.8 Å². The molecule has 0 atom stereocenters. The Morgan fingerprint density at radius 1 is 1.00 bits per heavy atom. The van der Waals surface area contributed by atoms with Crippen molar-refractivity contribution in [2.45, 2.75) is 6.18 Å². The molecule has 3 amide bonds. The number of carbonyl (C=O) groups excluding carboxylic acids is 3. The Labute approximate surface area is 184 Å². The number of nitrogens with zero attached hydrogens (tertiary/aromatic N) is 1. The van der Waals surface area contributed by atoms with E-state index >= 15 is 0 Å². The quantitative estimate of drug-likeness (QED) is 0.524. The number of fused-ring (bicyclic) bond motifs is 1. The minimum absolute atomic E-state index is 0.0488. The highest BCUT2D eigenvalue weighted by atomic mass is 32.2. The molecule has 1 N–H and O–H groups in total. The van der Waals surface area contributed by atoms with Gasteiger partial charge in [-0.05, 0) is 47.0 Å². The third-order valence-electron chi connectivity index (χ3n) is 4.75. The second-order valence-electron chi connectivity index (χ2n) is 6.97. The fourth-order valence-electron chi connectivity index (χ4n) is 3.26. The number of carbonyl (C=O) groups is 3. The lowest BCUT2D eigenvalue weighted by Gasteiger charge is -2.13. The van der Waals surface area contributed by atoms with Gasteiger partial charge >= 0.3 is 6.18 Å². The van der Waals surface area contributed by atoms with Gasteiger partial charge in [-0.1, -0.05) is 48.5 Å². The number of hydrogen-bond donors (Lipinski definition) is 1. The molecule has 0 bridgehead atoms. The number of rotatable bonds is 4. The number of imide groups is 1. The van der Waals surface area contributed by atoms with Crippen LogP contribution in [0.25, 0.3) is 16.8 Å². The molecule has 9 heteroatoms. The Kier molecular flexibility index (Phi) is 5.75. The number of anilines is 1. The van der Waals surface area contributed by atoms with Crippen molar-refractivity contribution in [3.63, 3.8) is 0 Å². The van der Waals surface area contributed by atoms with Crippen LogP contribution in [0.2, 0.25) is 0 Å². The summed E-state index contributed by atoms with van der Waals surface area (Å²) in [6, 6.07) is 17.2. The topological polar surface area (TPSA) is 66.5 Å². The number of nitrogens with one attached hydrogen (secondary N) is 1. The lowest BCUT2D eigenvalue weighted by molar-refractivity contribution is -0.137. The zero-order valence-corrected chi connectivity index (χ0v) is 17.2. The summed E-state index contributed by atoms with van der Waals surface area (Å²) in [7, 11) is 0. The van der Waals surface area contributed by atoms with Crippen LogP contribution in [0.4, 0.5) is 23.7 Å². The summed E-state index contributed by atoms with van der Waals surface area (Å²) in [5, 5.41) is 3.76. The molecule has 1 aliphatic heterocycles. The van der Waals surface area contributed by atoms with E-state index in [4.69, 9.17) is 0 Å². The minimum atomic E-state index is -4.52. The highest BCUT2D eigenvalue weighted by molar-refractivity contribution is 8.18. The van der Waals surface area contributed by atoms with Crippen LogP contribution in [-0.4, -0.2) is 28.5 Å². The number of alkyl halides is 3. The maximum Gasteiger partial charge on any atom is 0.416 e. The molecule has 3 aromatic rings. The van der Waals surface area contributed by atoms with Crippen molar-refractivity contribution < 1.29 is 27.6 Å². The van der Waals surface area contributed by atoms with Crippen LogP contribution in [0, 0.1) is 0 Å². The fourth-order valence-corrected chi connectivity index (χ4v) is 4.10. The van der Waals surface area contributed by atoms with Gasteiger partial charge in [-0.3, -0.25) is 19.3 Å². The van der Waals surface area contributed by atoms with E-state index in [-0.39, 0.29) is 10.5 Å². The molecule has 5 nitrogen and oxygen atoms in total. The number of amides is 3. The number of halogens is 3. The van der Waals surface area contributed by atoms with Crippen molar-refractivity contribution in [2.24, 2.45) is 0 Å². The molecule has 1 aliphatic rings. The van der Waals surface area contributed by atoms with E-state index in [0.717, 1.165) is 27.8 Å². The van der Waals surface area contributed by atoms with Gasteiger partial charge in [0.15, 0.2) is 0 Å². The lowest BCUT2D eigenvalue weighted by Crippen LogP contribution is -2.36. The first-order valence-electron chi connectivity index (χ1n) is 9.42. The smallest absolute Gasteiger partial charge is 0.324 e. The summed E-state index contributed by atoms with van der Waals surface area (Å²) in [6.45, 7) is -0.506. The summed E-state index contributed by atoms with van der Waals surface area (Å²) in [5.41, 5.74) is -0.190. The first-order chi connectivity index (χ1) is 15.2. The van der Waals surface area contributed by atoms with Crippen molar-refractivity contribution in [3.05, 3.63) is 82.8 Å². The number of thioether (sulfide) groups is 1. The van der Waals surface area contributed by atoms with Gasteiger partial charge in [0.05, 0.1) is 10.5 Å². The highest BCUT2D eigenvalue weighted by Gasteiger charge is 2.36. The molecule has 4 rings (SSSR count). The molecule has 0 spiro atoms. The molecule has 1 saturated heterocycles. The molecular formula is C23H15F3N2O3S. The van der Waals surface area contributed by atoms with Gasteiger partial charge in [-0.2, -0.15) is 13.2 Å². The summed E-state index contributed by atoms with van der Waals surface area (Å²) >= 11 is 0.578. The van der Waals surface area contributed by atoms with E-state index in [0.29, 0.717) is 17.4 Å². The summed E-state index contributed by atoms with van der Waals surface area (Å²) in [4.78, 5) is 38.1. The maximum atomic E-state index is 12.9. The molecular weight excluding hydrogens is 441 g/mol. The molecule has 32 heavy (non-hydrogen) atoms. The predicted molar refractivity (Wildman–Crippen MR) is 117 cm³/mol. The first-order valence-corrected chi connectivity index (χ1v) is 10.2. The second kappa shape index (κ2) is 8.51. The molecule has 0 radical (unpaired) electrons. The summed E-state index contributed by atoms with van der Waals surface area (Å²) in [5.74, 6) is -1.30. The standard InChI is InChI=1S/C23H15F3N2O3S/c24-23(25,26)16-8-3-5-14(11-16)12-19-21(30)28(22(31)32-19)13-20(29)27-18-10-4-7-15-6-1-2-9-17(15)18/h1-12H,13H2,(H,27,29)/b19-12+. The molecule has 3 aromatic carbocycles. The van der Waals surface area contributed by atoms with Crippen LogP contribution in [0.3, 0.4) is 0 Å². The molecule has 0 aliphatic carbocycles. The lowest BCUT2D eigenvalue weighted by atomic mass is 10.1. The normalized spacial score (nSPS) is 15.6. The van der Waals surface area contributed by atoms with E-state index in [1.54, 1.807) is 12.1 Å². The SMILES string of the molecule is O=C(CN1C(=O)S/C(=C/c2cccc(C(F)(F)F)c2)C1=O)Nc1cccc2ccccc12. The minimum Gasteiger partial charge on any atom is -0.324 e. The monoisotopic (exact) mass is 456 g/mol. The Morgan fingerprint density at radius 3 is 2.50 bits per heavy atom. The number of hydrogen-bond acceptors (Lipinski definition) is 4. The van der Waals surface area contributed by atoms with E-state index in [1.807, 2.05) is 30.3 Å². The summed E-state index contributed by atoms with van der Waals surface area (Å²) in [6.07, 6.45) is -3.31. The van der Waals surface area contributed by atoms with Crippen LogP contribution in [0.15, 0.2) is 71.6 Å². The van der Waals surface area contributed by atoms with Crippen LogP contribution in [0.1, 0.15) is 11.1 Å². The molecule has 162 valence electrons. The molecule has 0 aromatic heterocycles. The largest absolute Gasteiger partial charge is 0.416 e. The first kappa shape index (κ1) is 21.6. The van der Waals surface area contributed by atoms with Gasteiger partial charge in [-0.15, -0.1) is 0 Å². The van der Waals surface area contributed by atoms with Crippen LogP contribution < -0.4 is 5.32 Å². The zero-order valence-electron chi connectivity index (χ0n) is 16.3. The van der Waals surface area contributed by atoms with Gasteiger partial charge < -0.3 is 5.32 Å². The molecule has 1 heterocycles. The van der Waals surface area contributed by atoms with E-state index in [1.165, 1.54) is 18.2 Å². The molecule has 0 saturated carbocycles. The van der Waals surface area contributed by atoms with Gasteiger partial charge in [-0.25, -0.2) is 0 Å². The molecule has 1 fully saturated rings. The van der Waals surface area contributed by atoms with Gasteiger partial charge in [0.2, 0.25) is 5.91 Å². The van der Waals surface area contributed by atoms with Crippen molar-refractivity contribution in [1.82, 2.24) is 4.90 Å². The fraction of sp³-hybridized carbons (Fsp3) is 0.0870. The Hall–Kier alpha value is -3.59. The summed E-state index contributed by atoms with van der Waals surface area (Å²) < 4.78 is 38.7. The van der Waals surface area contributed by atoms with Crippen molar-refractivity contribution >= 4 is 51.4 Å². The predicted octanol–water partition coefficient (Wildman–Crippen LogP) is 5.53. The average molecular weight is 456 g/mol. The maximum absolute atomic E-state index is 12.9. The van der Waals surface area contributed by atoms with E-state index < -0.39 is 35.3 Å². The van der Waals surface area contributed by atoms with Crippen LogP contribution in [0.5, 0.6) is 0 Å². The third-order valence-corrected chi connectivity index (χ3v) is 5.66. The van der Waals surface area contributed by atoms with Crippen LogP contribution in [-0.2, 0) is 15.8 Å².